The van der Waals surface area contributed by atoms with E-state index >= 15 is 0 Å². The number of nitro groups is 1. The van der Waals surface area contributed by atoms with Crippen LogP contribution >= 0.6 is 11.3 Å². The minimum absolute atomic E-state index is 0.0164. The van der Waals surface area contributed by atoms with Gasteiger partial charge in [-0.3, -0.25) is 29.8 Å². The maximum absolute atomic E-state index is 13.0. The molecular formula is C19H16N6O4S. The van der Waals surface area contributed by atoms with Crippen molar-refractivity contribution in [2.45, 2.75) is 19.9 Å². The Labute approximate surface area is 173 Å². The third kappa shape index (κ3) is 3.70. The van der Waals surface area contributed by atoms with Crippen LogP contribution in [0.1, 0.15) is 11.3 Å². The highest BCUT2D eigenvalue weighted by Gasteiger charge is 2.17. The fourth-order valence-electron chi connectivity index (χ4n) is 3.11. The van der Waals surface area contributed by atoms with Gasteiger partial charge in [0.15, 0.2) is 0 Å². The van der Waals surface area contributed by atoms with E-state index in [0.29, 0.717) is 10.2 Å². The van der Waals surface area contributed by atoms with E-state index in [0.717, 1.165) is 26.9 Å². The van der Waals surface area contributed by atoms with Crippen LogP contribution in [0.15, 0.2) is 53.8 Å². The van der Waals surface area contributed by atoms with E-state index in [2.05, 4.69) is 15.5 Å². The summed E-state index contributed by atoms with van der Waals surface area (Å²) in [6.45, 7) is 2.07. The number of aromatic nitrogens is 4. The lowest BCUT2D eigenvalue weighted by Gasteiger charge is -2.08. The van der Waals surface area contributed by atoms with Gasteiger partial charge >= 0.3 is 5.69 Å². The van der Waals surface area contributed by atoms with E-state index in [1.807, 2.05) is 37.3 Å². The van der Waals surface area contributed by atoms with Gasteiger partial charge in [0.1, 0.15) is 23.6 Å². The third-order valence-corrected chi connectivity index (χ3v) is 5.51. The Morgan fingerprint density at radius 2 is 2.07 bits per heavy atom. The highest BCUT2D eigenvalue weighted by Crippen LogP contribution is 2.35. The fraction of sp³-hybridized carbons (Fsp3) is 0.158. The van der Waals surface area contributed by atoms with Crippen LogP contribution in [0.3, 0.4) is 0 Å². The van der Waals surface area contributed by atoms with Crippen LogP contribution < -0.4 is 11.0 Å². The van der Waals surface area contributed by atoms with Crippen molar-refractivity contribution in [3.63, 3.8) is 0 Å². The van der Waals surface area contributed by atoms with Crippen LogP contribution in [0.25, 0.3) is 21.3 Å². The molecule has 4 aromatic rings. The van der Waals surface area contributed by atoms with Crippen molar-refractivity contribution < 1.29 is 9.72 Å². The molecule has 3 aromatic heterocycles. The number of aryl methyl sites for hydroxylation is 2. The minimum atomic E-state index is -0.558. The van der Waals surface area contributed by atoms with Gasteiger partial charge in [-0.05, 0) is 12.5 Å². The van der Waals surface area contributed by atoms with E-state index in [1.54, 1.807) is 0 Å². The number of carbonyl (C=O) groups excluding carboxylic acids is 1. The Balaban J connectivity index is 1.57. The summed E-state index contributed by atoms with van der Waals surface area (Å²) in [6.07, 6.45) is 3.63. The first-order valence-electron chi connectivity index (χ1n) is 8.97. The molecule has 11 heteroatoms. The Bertz CT molecular complexity index is 1310. The van der Waals surface area contributed by atoms with E-state index in [4.69, 9.17) is 0 Å². The van der Waals surface area contributed by atoms with Crippen molar-refractivity contribution in [3.8, 4) is 11.1 Å². The number of fused-ring (bicyclic) bond motifs is 1. The summed E-state index contributed by atoms with van der Waals surface area (Å²) in [7, 11) is 0. The van der Waals surface area contributed by atoms with Gasteiger partial charge in [0.2, 0.25) is 5.91 Å². The lowest BCUT2D eigenvalue weighted by Crippen LogP contribution is -2.33. The van der Waals surface area contributed by atoms with Gasteiger partial charge in [-0.15, -0.1) is 11.3 Å². The minimum Gasteiger partial charge on any atom is -0.273 e. The van der Waals surface area contributed by atoms with Crippen LogP contribution in [-0.4, -0.2) is 30.3 Å². The first-order valence-corrected chi connectivity index (χ1v) is 9.78. The van der Waals surface area contributed by atoms with Crippen molar-refractivity contribution in [3.05, 3.63) is 74.4 Å². The predicted octanol–water partition coefficient (Wildman–Crippen LogP) is 2.70. The van der Waals surface area contributed by atoms with Crippen LogP contribution in [-0.2, 0) is 11.3 Å². The van der Waals surface area contributed by atoms with Gasteiger partial charge in [-0.25, -0.2) is 9.66 Å². The van der Waals surface area contributed by atoms with Gasteiger partial charge in [-0.2, -0.15) is 5.10 Å². The molecule has 0 saturated carbocycles. The molecule has 0 radical (unpaired) electrons. The molecule has 0 bridgehead atoms. The third-order valence-electron chi connectivity index (χ3n) is 4.49. The molecule has 0 aliphatic rings. The monoisotopic (exact) mass is 424 g/mol. The molecule has 1 aromatic carbocycles. The Hall–Kier alpha value is -3.86. The predicted molar refractivity (Wildman–Crippen MR) is 112 cm³/mol. The summed E-state index contributed by atoms with van der Waals surface area (Å²) in [4.78, 5) is 41.4. The van der Waals surface area contributed by atoms with Crippen molar-refractivity contribution in [1.82, 2.24) is 19.4 Å². The molecule has 0 unspecified atom stereocenters. The molecule has 1 N–H and O–H groups in total. The smallest absolute Gasteiger partial charge is 0.273 e. The Morgan fingerprint density at radius 3 is 2.77 bits per heavy atom. The number of rotatable bonds is 6. The largest absolute Gasteiger partial charge is 0.306 e. The van der Waals surface area contributed by atoms with Crippen LogP contribution in [0.2, 0.25) is 0 Å². The first-order chi connectivity index (χ1) is 14.4. The first kappa shape index (κ1) is 19.5. The molecule has 0 fully saturated rings. The van der Waals surface area contributed by atoms with Crippen LogP contribution in [0.4, 0.5) is 5.69 Å². The second-order valence-corrected chi connectivity index (χ2v) is 7.71. The van der Waals surface area contributed by atoms with Gasteiger partial charge in [-0.1, -0.05) is 30.3 Å². The Morgan fingerprint density at radius 1 is 1.30 bits per heavy atom. The summed E-state index contributed by atoms with van der Waals surface area (Å²) >= 11 is 1.42. The number of benzene rings is 1. The molecule has 0 spiro atoms. The molecule has 0 aliphatic heterocycles. The standard InChI is InChI=1S/C19H16N6O4S/c1-12-16(13-5-3-2-4-6-13)17-18(30-12)20-11-24(19(17)27)22-15(26)7-8-23-10-14(9-21-23)25(28)29/h2-6,9-11H,7-8H2,1H3,(H,22,26). The number of hydrogen-bond donors (Lipinski definition) is 1. The van der Waals surface area contributed by atoms with Crippen molar-refractivity contribution in [1.29, 1.82) is 0 Å². The van der Waals surface area contributed by atoms with Crippen LogP contribution in [0, 0.1) is 17.0 Å². The summed E-state index contributed by atoms with van der Waals surface area (Å²) < 4.78 is 2.37. The lowest BCUT2D eigenvalue weighted by molar-refractivity contribution is -0.385. The van der Waals surface area contributed by atoms with E-state index in [1.165, 1.54) is 28.5 Å². The molecule has 152 valence electrons. The van der Waals surface area contributed by atoms with Gasteiger partial charge in [0.25, 0.3) is 5.56 Å². The van der Waals surface area contributed by atoms with Gasteiger partial charge in [0, 0.05) is 16.9 Å². The van der Waals surface area contributed by atoms with Gasteiger partial charge in [0.05, 0.1) is 16.9 Å². The number of nitrogens with zero attached hydrogens (tertiary/aromatic N) is 5. The number of amides is 1. The summed E-state index contributed by atoms with van der Waals surface area (Å²) in [5.74, 6) is -0.440. The van der Waals surface area contributed by atoms with Gasteiger partial charge < -0.3 is 0 Å². The Kier molecular flexibility index (Phi) is 5.11. The molecular weight excluding hydrogens is 408 g/mol. The SMILES string of the molecule is Cc1sc2ncn(NC(=O)CCn3cc([N+](=O)[O-])cn3)c(=O)c2c1-c1ccccc1. The highest BCUT2D eigenvalue weighted by atomic mass is 32.1. The zero-order valence-corrected chi connectivity index (χ0v) is 16.6. The number of thiophene rings is 1. The van der Waals surface area contributed by atoms with Crippen molar-refractivity contribution in [2.75, 3.05) is 5.43 Å². The fourth-order valence-corrected chi connectivity index (χ4v) is 4.11. The molecule has 0 saturated heterocycles. The second-order valence-electron chi connectivity index (χ2n) is 6.50. The highest BCUT2D eigenvalue weighted by molar-refractivity contribution is 7.19. The average molecular weight is 424 g/mol. The zero-order valence-electron chi connectivity index (χ0n) is 15.8. The molecule has 10 nitrogen and oxygen atoms in total. The summed E-state index contributed by atoms with van der Waals surface area (Å²) in [6, 6.07) is 9.54. The van der Waals surface area contributed by atoms with E-state index < -0.39 is 10.8 Å². The zero-order chi connectivity index (χ0) is 21.3. The molecule has 1 amide bonds. The van der Waals surface area contributed by atoms with Crippen molar-refractivity contribution in [2.24, 2.45) is 0 Å². The summed E-state index contributed by atoms with van der Waals surface area (Å²) in [5.41, 5.74) is 3.72. The number of hydrogen-bond acceptors (Lipinski definition) is 7. The number of carbonyl (C=O) groups is 1. The summed E-state index contributed by atoms with van der Waals surface area (Å²) in [5, 5.41) is 15.0. The molecule has 0 atom stereocenters. The van der Waals surface area contributed by atoms with Crippen molar-refractivity contribution >= 4 is 33.1 Å². The maximum Gasteiger partial charge on any atom is 0.306 e. The second kappa shape index (κ2) is 7.87. The average Bonchev–Trinajstić information content (AvgIpc) is 3.34. The molecule has 0 aliphatic carbocycles. The topological polar surface area (TPSA) is 125 Å². The lowest BCUT2D eigenvalue weighted by atomic mass is 10.0. The molecule has 4 rings (SSSR count). The van der Waals surface area contributed by atoms with Crippen LogP contribution in [0.5, 0.6) is 0 Å². The number of nitrogens with one attached hydrogen (secondary N) is 1. The maximum atomic E-state index is 13.0. The van der Waals surface area contributed by atoms with E-state index in [-0.39, 0.29) is 24.2 Å². The molecule has 3 heterocycles. The quantitative estimate of drug-likeness (QED) is 0.375. The van der Waals surface area contributed by atoms with E-state index in [9.17, 15) is 19.7 Å². The normalized spacial score (nSPS) is 11.0. The molecule has 30 heavy (non-hydrogen) atoms.